The Balaban J connectivity index is 2.89. The van der Waals surface area contributed by atoms with Gasteiger partial charge in [0.1, 0.15) is 0 Å². The number of hydrogen-bond acceptors (Lipinski definition) is 2. The summed E-state index contributed by atoms with van der Waals surface area (Å²) >= 11 is 0. The van der Waals surface area contributed by atoms with E-state index in [1.165, 1.54) is 0 Å². The van der Waals surface area contributed by atoms with E-state index in [1.807, 2.05) is 0 Å². The molecule has 2 heterocycles. The Hall–Kier alpha value is -3.74. The first-order chi connectivity index (χ1) is 19.7. The second-order valence-corrected chi connectivity index (χ2v) is 8.90. The molecule has 2 nitrogen and oxygen atoms in total. The van der Waals surface area contributed by atoms with Crippen molar-refractivity contribution in [1.29, 1.82) is 0 Å². The number of pyridine rings is 2. The SMILES string of the molecule is FC(F)(F)C(c1cc(-c2ccncc2)c(C(C(F)(F)F)(C(F)(F)F)C(F)(F)F)cc1-c1ccncc1)(C(F)(F)F)C(F)(F)F. The van der Waals surface area contributed by atoms with Crippen molar-refractivity contribution in [1.82, 2.24) is 9.97 Å². The topological polar surface area (TPSA) is 25.8 Å². The van der Waals surface area contributed by atoms with Crippen molar-refractivity contribution in [3.8, 4) is 22.3 Å². The molecule has 0 amide bonds. The van der Waals surface area contributed by atoms with Crippen LogP contribution in [0.15, 0.2) is 61.2 Å². The van der Waals surface area contributed by atoms with Crippen LogP contribution >= 0.6 is 0 Å². The van der Waals surface area contributed by atoms with Gasteiger partial charge in [-0.25, -0.2) is 0 Å². The standard InChI is InChI=1S/C24H10F18N2/c25-19(26,27)17(20(28,29)30,21(31,32)33)15-10-14(12-3-7-44-8-4-12)16(9-13(15)11-1-5-43-6-2-11)18(22(34,35)36,23(37,38)39)24(40,41)42/h1-10H. The highest BCUT2D eigenvalue weighted by Crippen LogP contribution is 2.66. The second kappa shape index (κ2) is 10.4. The minimum atomic E-state index is -7.47. The van der Waals surface area contributed by atoms with E-state index >= 15 is 0 Å². The molecule has 0 aliphatic rings. The predicted molar refractivity (Wildman–Crippen MR) is 113 cm³/mol. The third kappa shape index (κ3) is 5.08. The zero-order chi connectivity index (χ0) is 33.9. The van der Waals surface area contributed by atoms with Crippen LogP contribution in [0.5, 0.6) is 0 Å². The molecule has 0 atom stereocenters. The average molecular weight is 668 g/mol. The Labute approximate surface area is 232 Å². The number of benzene rings is 1. The number of halogens is 18. The molecule has 0 bridgehead atoms. The van der Waals surface area contributed by atoms with Gasteiger partial charge >= 0.3 is 37.1 Å². The van der Waals surface area contributed by atoms with Gasteiger partial charge in [0, 0.05) is 24.8 Å². The van der Waals surface area contributed by atoms with Crippen LogP contribution in [0.1, 0.15) is 11.1 Å². The Morgan fingerprint density at radius 2 is 0.545 bits per heavy atom. The first-order valence-electron chi connectivity index (χ1n) is 11.1. The molecule has 0 spiro atoms. The third-order valence-corrected chi connectivity index (χ3v) is 6.50. The molecule has 0 fully saturated rings. The largest absolute Gasteiger partial charge is 0.416 e. The fourth-order valence-electron chi connectivity index (χ4n) is 4.64. The molecule has 242 valence electrons. The van der Waals surface area contributed by atoms with Crippen LogP contribution < -0.4 is 0 Å². The summed E-state index contributed by atoms with van der Waals surface area (Å²) in [6.07, 6.45) is -43.1. The molecule has 0 N–H and O–H groups in total. The van der Waals surface area contributed by atoms with Crippen molar-refractivity contribution in [2.45, 2.75) is 47.9 Å². The fourth-order valence-corrected chi connectivity index (χ4v) is 4.64. The van der Waals surface area contributed by atoms with E-state index in [-0.39, 0.29) is 24.3 Å². The van der Waals surface area contributed by atoms with E-state index in [1.54, 1.807) is 0 Å². The van der Waals surface area contributed by atoms with Gasteiger partial charge in [0.25, 0.3) is 10.8 Å². The zero-order valence-corrected chi connectivity index (χ0v) is 20.5. The number of aromatic nitrogens is 2. The summed E-state index contributed by atoms with van der Waals surface area (Å²) in [5.41, 5.74) is -27.7. The number of nitrogens with zero attached hydrogens (tertiary/aromatic N) is 2. The van der Waals surface area contributed by atoms with Gasteiger partial charge in [-0.1, -0.05) is 0 Å². The third-order valence-electron chi connectivity index (χ3n) is 6.50. The summed E-state index contributed by atoms with van der Waals surface area (Å²) in [4.78, 5) is 6.50. The second-order valence-electron chi connectivity index (χ2n) is 8.90. The van der Waals surface area contributed by atoms with Gasteiger partial charge < -0.3 is 0 Å². The van der Waals surface area contributed by atoms with Crippen molar-refractivity contribution in [3.63, 3.8) is 0 Å². The summed E-state index contributed by atoms with van der Waals surface area (Å²) < 4.78 is 255. The highest BCUT2D eigenvalue weighted by Gasteiger charge is 2.87. The average Bonchev–Trinajstić information content (AvgIpc) is 2.80. The Morgan fingerprint density at radius 1 is 0.341 bits per heavy atom. The summed E-state index contributed by atoms with van der Waals surface area (Å²) in [5.74, 6) is 0. The number of alkyl halides is 18. The van der Waals surface area contributed by atoms with Crippen LogP contribution in [-0.2, 0) is 10.8 Å². The maximum atomic E-state index is 14.2. The van der Waals surface area contributed by atoms with Gasteiger partial charge in [-0.15, -0.1) is 0 Å². The van der Waals surface area contributed by atoms with E-state index in [0.29, 0.717) is 24.8 Å². The van der Waals surface area contributed by atoms with Crippen molar-refractivity contribution in [2.75, 3.05) is 0 Å². The van der Waals surface area contributed by atoms with E-state index in [9.17, 15) is 79.0 Å². The molecule has 2 aromatic heterocycles. The molecule has 3 rings (SSSR count). The summed E-state index contributed by atoms with van der Waals surface area (Å²) in [5, 5.41) is 0. The highest BCUT2D eigenvalue weighted by molar-refractivity contribution is 5.80. The molecular weight excluding hydrogens is 658 g/mol. The predicted octanol–water partition coefficient (Wildman–Crippen LogP) is 9.66. The molecule has 3 aromatic rings. The maximum absolute atomic E-state index is 14.2. The molecular formula is C24H10F18N2. The van der Waals surface area contributed by atoms with Crippen molar-refractivity contribution >= 4 is 0 Å². The van der Waals surface area contributed by atoms with E-state index in [0.717, 1.165) is 0 Å². The maximum Gasteiger partial charge on any atom is 0.416 e. The van der Waals surface area contributed by atoms with Crippen LogP contribution in [-0.4, -0.2) is 47.0 Å². The molecule has 20 heteroatoms. The van der Waals surface area contributed by atoms with E-state index in [4.69, 9.17) is 0 Å². The Bertz CT molecular complexity index is 1280. The number of rotatable bonds is 4. The minimum absolute atomic E-state index is 0.263. The summed E-state index contributed by atoms with van der Waals surface area (Å²) in [6.45, 7) is 0. The molecule has 0 radical (unpaired) electrons. The van der Waals surface area contributed by atoms with Crippen LogP contribution in [0.2, 0.25) is 0 Å². The molecule has 0 saturated carbocycles. The normalized spacial score (nSPS) is 14.6. The van der Waals surface area contributed by atoms with Crippen LogP contribution in [0, 0.1) is 0 Å². The van der Waals surface area contributed by atoms with Crippen molar-refractivity contribution in [3.05, 3.63) is 72.3 Å². The molecule has 44 heavy (non-hydrogen) atoms. The lowest BCUT2D eigenvalue weighted by atomic mass is 9.68. The fraction of sp³-hybridized carbons (Fsp3) is 0.333. The van der Waals surface area contributed by atoms with Crippen LogP contribution in [0.25, 0.3) is 22.3 Å². The minimum Gasteiger partial charge on any atom is -0.265 e. The van der Waals surface area contributed by atoms with Gasteiger partial charge in [0.2, 0.25) is 0 Å². The first-order valence-corrected chi connectivity index (χ1v) is 11.1. The van der Waals surface area contributed by atoms with Gasteiger partial charge in [-0.3, -0.25) is 9.97 Å². The molecule has 0 aliphatic heterocycles. The monoisotopic (exact) mass is 668 g/mol. The highest BCUT2D eigenvalue weighted by atomic mass is 19.4. The number of hydrogen-bond donors (Lipinski definition) is 0. The van der Waals surface area contributed by atoms with E-state index in [2.05, 4.69) is 9.97 Å². The molecule has 0 aliphatic carbocycles. The van der Waals surface area contributed by atoms with Gasteiger partial charge in [0.15, 0.2) is 0 Å². The van der Waals surface area contributed by atoms with Crippen LogP contribution in [0.4, 0.5) is 79.0 Å². The van der Waals surface area contributed by atoms with E-state index < -0.39 is 93.4 Å². The van der Waals surface area contributed by atoms with Gasteiger partial charge in [0.05, 0.1) is 0 Å². The van der Waals surface area contributed by atoms with Crippen molar-refractivity contribution in [2.24, 2.45) is 0 Å². The molecule has 0 saturated heterocycles. The Kier molecular flexibility index (Phi) is 8.23. The van der Waals surface area contributed by atoms with Gasteiger partial charge in [-0.2, -0.15) is 79.0 Å². The molecule has 0 unspecified atom stereocenters. The lowest BCUT2D eigenvalue weighted by molar-refractivity contribution is -0.389. The summed E-state index contributed by atoms with van der Waals surface area (Å²) in [7, 11) is 0. The lowest BCUT2D eigenvalue weighted by Gasteiger charge is -2.43. The first kappa shape index (κ1) is 34.7. The van der Waals surface area contributed by atoms with Crippen molar-refractivity contribution < 1.29 is 79.0 Å². The Morgan fingerprint density at radius 3 is 0.727 bits per heavy atom. The quantitative estimate of drug-likeness (QED) is 0.259. The molecule has 1 aromatic carbocycles. The lowest BCUT2D eigenvalue weighted by Crippen LogP contribution is -2.64. The zero-order valence-electron chi connectivity index (χ0n) is 20.5. The van der Waals surface area contributed by atoms with Crippen LogP contribution in [0.3, 0.4) is 0 Å². The van der Waals surface area contributed by atoms with Gasteiger partial charge in [-0.05, 0) is 69.8 Å². The smallest absolute Gasteiger partial charge is 0.265 e. The summed E-state index contributed by atoms with van der Waals surface area (Å²) in [6, 6.07) is -1.05.